The highest BCUT2D eigenvalue weighted by molar-refractivity contribution is 5.70. The van der Waals surface area contributed by atoms with Crippen molar-refractivity contribution < 1.29 is 9.50 Å². The Balaban J connectivity index is 2.21. The summed E-state index contributed by atoms with van der Waals surface area (Å²) in [6.07, 6.45) is 7.51. The van der Waals surface area contributed by atoms with E-state index < -0.39 is 0 Å². The lowest BCUT2D eigenvalue weighted by Crippen LogP contribution is -2.21. The normalized spacial score (nSPS) is 21.5. The summed E-state index contributed by atoms with van der Waals surface area (Å²) in [7, 11) is 1.65. The van der Waals surface area contributed by atoms with Crippen LogP contribution in [-0.4, -0.2) is 18.0 Å². The third-order valence-corrected chi connectivity index (χ3v) is 3.08. The lowest BCUT2D eigenvalue weighted by molar-refractivity contribution is -0.405. The maximum Gasteiger partial charge on any atom is 0.270 e. The summed E-state index contributed by atoms with van der Waals surface area (Å²) < 4.78 is 6.33. The molecule has 0 aromatic heterocycles. The van der Waals surface area contributed by atoms with E-state index in [0.717, 1.165) is 15.9 Å². The molecule has 0 saturated heterocycles. The number of para-hydroxylation sites is 1. The Hall–Kier alpha value is -2.00. The van der Waals surface area contributed by atoms with E-state index in [1.807, 2.05) is 48.6 Å². The average Bonchev–Trinajstić information content (AvgIpc) is 2.38. The summed E-state index contributed by atoms with van der Waals surface area (Å²) in [5, 5.41) is 0. The van der Waals surface area contributed by atoms with Gasteiger partial charge in [0.15, 0.2) is 0 Å². The quantitative estimate of drug-likeness (QED) is 0.689. The van der Waals surface area contributed by atoms with E-state index in [4.69, 9.17) is 4.74 Å². The van der Waals surface area contributed by atoms with Gasteiger partial charge >= 0.3 is 0 Å². The Labute approximate surface area is 99.3 Å². The number of fused-ring (bicyclic) bond motifs is 2. The number of hydrogen-bond donors (Lipinski definition) is 0. The third kappa shape index (κ3) is 1.47. The molecule has 0 saturated carbocycles. The van der Waals surface area contributed by atoms with E-state index in [1.54, 1.807) is 7.11 Å². The lowest BCUT2D eigenvalue weighted by Gasteiger charge is -2.19. The van der Waals surface area contributed by atoms with Crippen LogP contribution in [0.5, 0.6) is 0 Å². The molecule has 0 spiro atoms. The maximum atomic E-state index is 12.2. The van der Waals surface area contributed by atoms with Gasteiger partial charge in [-0.25, -0.2) is 0 Å². The first-order valence-electron chi connectivity index (χ1n) is 5.51. The van der Waals surface area contributed by atoms with Crippen LogP contribution in [-0.2, 0) is 4.74 Å². The number of methoxy groups -OCH3 is 1. The summed E-state index contributed by atoms with van der Waals surface area (Å²) in [5.41, 5.74) is 3.21. The van der Waals surface area contributed by atoms with Crippen LogP contribution in [0.4, 0.5) is 5.69 Å². The Kier molecular flexibility index (Phi) is 2.27. The standard InChI is InChI=1S/C14H12NO2/c1-17-14-8-4-7-13-11(14)9-10-5-2-3-6-12(10)15(13)16/h2-9,14H,1H3/q+1. The summed E-state index contributed by atoms with van der Waals surface area (Å²) in [4.78, 5) is 12.2. The van der Waals surface area contributed by atoms with Crippen LogP contribution in [0, 0.1) is 4.91 Å². The minimum Gasteiger partial charge on any atom is -0.372 e. The van der Waals surface area contributed by atoms with Crippen LogP contribution < -0.4 is 0 Å². The Bertz CT molecular complexity index is 582. The monoisotopic (exact) mass is 226 g/mol. The first kappa shape index (κ1) is 10.2. The molecule has 0 amide bonds. The summed E-state index contributed by atoms with van der Waals surface area (Å²) in [6, 6.07) is 7.57. The van der Waals surface area contributed by atoms with Crippen molar-refractivity contribution in [1.29, 1.82) is 0 Å². The second-order valence-electron chi connectivity index (χ2n) is 4.05. The van der Waals surface area contributed by atoms with Gasteiger partial charge in [-0.05, 0) is 12.1 Å². The first-order chi connectivity index (χ1) is 8.31. The minimum absolute atomic E-state index is 0.139. The molecule has 3 rings (SSSR count). The van der Waals surface area contributed by atoms with Crippen molar-refractivity contribution in [3.8, 4) is 0 Å². The summed E-state index contributed by atoms with van der Waals surface area (Å²) >= 11 is 0. The molecule has 3 nitrogen and oxygen atoms in total. The van der Waals surface area contributed by atoms with Crippen molar-refractivity contribution in [1.82, 2.24) is 0 Å². The van der Waals surface area contributed by atoms with Crippen LogP contribution in [0.25, 0.3) is 6.08 Å². The highest BCUT2D eigenvalue weighted by atomic mass is 16.5. The predicted octanol–water partition coefficient (Wildman–Crippen LogP) is 2.96. The highest BCUT2D eigenvalue weighted by Crippen LogP contribution is 2.36. The van der Waals surface area contributed by atoms with Gasteiger partial charge in [-0.1, -0.05) is 24.3 Å². The molecule has 1 aromatic carbocycles. The van der Waals surface area contributed by atoms with Crippen LogP contribution in [0.15, 0.2) is 53.8 Å². The maximum absolute atomic E-state index is 12.2. The minimum atomic E-state index is -0.139. The van der Waals surface area contributed by atoms with Gasteiger partial charge in [0.1, 0.15) is 6.10 Å². The second kappa shape index (κ2) is 3.79. The van der Waals surface area contributed by atoms with E-state index in [0.29, 0.717) is 11.4 Å². The Morgan fingerprint density at radius 2 is 2.12 bits per heavy atom. The van der Waals surface area contributed by atoms with Gasteiger partial charge < -0.3 is 4.74 Å². The van der Waals surface area contributed by atoms with Crippen molar-refractivity contribution in [2.75, 3.05) is 7.11 Å². The summed E-state index contributed by atoms with van der Waals surface area (Å²) in [6.45, 7) is 0. The number of benzene rings is 1. The van der Waals surface area contributed by atoms with Gasteiger partial charge in [-0.15, -0.1) is 0 Å². The molecule has 1 atom stereocenters. The van der Waals surface area contributed by atoms with Crippen LogP contribution >= 0.6 is 0 Å². The molecule has 0 fully saturated rings. The van der Waals surface area contributed by atoms with Gasteiger partial charge in [0.25, 0.3) is 11.4 Å². The fourth-order valence-corrected chi connectivity index (χ4v) is 2.23. The number of ether oxygens (including phenoxy) is 1. The molecule has 2 aliphatic rings. The Morgan fingerprint density at radius 1 is 1.29 bits per heavy atom. The van der Waals surface area contributed by atoms with E-state index >= 15 is 0 Å². The molecule has 1 aliphatic heterocycles. The van der Waals surface area contributed by atoms with Gasteiger partial charge in [0.2, 0.25) is 0 Å². The fourth-order valence-electron chi connectivity index (χ4n) is 2.23. The van der Waals surface area contributed by atoms with Crippen molar-refractivity contribution in [2.24, 2.45) is 0 Å². The number of hydrogen-bond acceptors (Lipinski definition) is 2. The van der Waals surface area contributed by atoms with Crippen molar-refractivity contribution in [2.45, 2.75) is 6.10 Å². The molecule has 0 radical (unpaired) electrons. The Morgan fingerprint density at radius 3 is 2.94 bits per heavy atom. The van der Waals surface area contributed by atoms with Crippen molar-refractivity contribution in [3.05, 3.63) is 64.2 Å². The number of rotatable bonds is 1. The SMILES string of the molecule is COC1C=CC=C2C1=Cc1ccccc1[N+]2=O. The van der Waals surface area contributed by atoms with E-state index in [9.17, 15) is 4.91 Å². The van der Waals surface area contributed by atoms with Crippen LogP contribution in [0.2, 0.25) is 0 Å². The average molecular weight is 226 g/mol. The fraction of sp³-hybridized carbons (Fsp3) is 0.143. The van der Waals surface area contributed by atoms with Crippen LogP contribution in [0.3, 0.4) is 0 Å². The molecule has 1 heterocycles. The van der Waals surface area contributed by atoms with Crippen molar-refractivity contribution in [3.63, 3.8) is 0 Å². The molecule has 17 heavy (non-hydrogen) atoms. The van der Waals surface area contributed by atoms with Crippen LogP contribution in [0.1, 0.15) is 5.56 Å². The zero-order valence-corrected chi connectivity index (χ0v) is 9.46. The van der Waals surface area contributed by atoms with Gasteiger partial charge in [-0.2, -0.15) is 0 Å². The molecule has 0 N–H and O–H groups in total. The smallest absolute Gasteiger partial charge is 0.270 e. The molecule has 1 aliphatic carbocycles. The molecular formula is C14H12NO2+. The highest BCUT2D eigenvalue weighted by Gasteiger charge is 2.36. The third-order valence-electron chi connectivity index (χ3n) is 3.08. The zero-order valence-electron chi connectivity index (χ0n) is 9.46. The summed E-state index contributed by atoms with van der Waals surface area (Å²) in [5.74, 6) is 0. The molecule has 1 aromatic rings. The predicted molar refractivity (Wildman–Crippen MR) is 65.7 cm³/mol. The van der Waals surface area contributed by atoms with Gasteiger partial charge in [0.05, 0.1) is 15.9 Å². The van der Waals surface area contributed by atoms with Crippen molar-refractivity contribution >= 4 is 11.8 Å². The molecule has 1 unspecified atom stereocenters. The largest absolute Gasteiger partial charge is 0.372 e. The number of nitroso groups, excluding NO2 is 1. The first-order valence-corrected chi connectivity index (χ1v) is 5.51. The topological polar surface area (TPSA) is 29.3 Å². The number of nitrogens with zero attached hydrogens (tertiary/aromatic N) is 1. The number of allylic oxidation sites excluding steroid dienone is 2. The molecule has 0 bridgehead atoms. The molecule has 84 valence electrons. The lowest BCUT2D eigenvalue weighted by atomic mass is 9.94. The van der Waals surface area contributed by atoms with Gasteiger partial charge in [0, 0.05) is 24.2 Å². The zero-order chi connectivity index (χ0) is 11.8. The van der Waals surface area contributed by atoms with Gasteiger partial charge in [-0.3, -0.25) is 0 Å². The molecule has 3 heteroatoms. The van der Waals surface area contributed by atoms with E-state index in [1.165, 1.54) is 0 Å². The van der Waals surface area contributed by atoms with E-state index in [2.05, 4.69) is 0 Å². The second-order valence-corrected chi connectivity index (χ2v) is 4.05. The molecular weight excluding hydrogens is 214 g/mol. The van der Waals surface area contributed by atoms with E-state index in [-0.39, 0.29) is 6.10 Å².